The third kappa shape index (κ3) is 4.99. The van der Waals surface area contributed by atoms with Crippen molar-refractivity contribution in [2.24, 2.45) is 5.41 Å². The maximum absolute atomic E-state index is 13.9. The Hall–Kier alpha value is -1.09. The Kier molecular flexibility index (Phi) is 5.63. The second kappa shape index (κ2) is 7.26. The van der Waals surface area contributed by atoms with Gasteiger partial charge < -0.3 is 10.2 Å². The lowest BCUT2D eigenvalue weighted by Gasteiger charge is -2.25. The molecule has 1 N–H and O–H groups in total. The molecule has 0 unspecified atom stereocenters. The second-order valence-electron chi connectivity index (χ2n) is 7.00. The van der Waals surface area contributed by atoms with Crippen LogP contribution in [0.1, 0.15) is 52.0 Å². The highest BCUT2D eigenvalue weighted by Crippen LogP contribution is 2.32. The molecule has 0 radical (unpaired) electrons. The zero-order valence-corrected chi connectivity index (χ0v) is 13.7. The lowest BCUT2D eigenvalue weighted by Crippen LogP contribution is -2.25. The first-order valence-corrected chi connectivity index (χ1v) is 8.25. The molecule has 21 heavy (non-hydrogen) atoms. The quantitative estimate of drug-likeness (QED) is 0.812. The van der Waals surface area contributed by atoms with Crippen LogP contribution >= 0.6 is 0 Å². The van der Waals surface area contributed by atoms with Crippen LogP contribution in [0.15, 0.2) is 18.2 Å². The minimum absolute atomic E-state index is 0.121. The standard InChI is InChI=1S/C18H29FN2/c1-4-8-20-14-15-11-16(19)13-17(12-15)21-9-5-6-18(2,3)7-10-21/h11-13,20H,4-10,14H2,1-3H3. The Morgan fingerprint density at radius 2 is 2.00 bits per heavy atom. The van der Waals surface area contributed by atoms with Crippen molar-refractivity contribution in [3.05, 3.63) is 29.6 Å². The monoisotopic (exact) mass is 292 g/mol. The molecule has 1 heterocycles. The van der Waals surface area contributed by atoms with E-state index in [1.165, 1.54) is 19.3 Å². The van der Waals surface area contributed by atoms with Crippen molar-refractivity contribution in [3.63, 3.8) is 0 Å². The summed E-state index contributed by atoms with van der Waals surface area (Å²) in [6.45, 7) is 10.6. The molecule has 0 atom stereocenters. The minimum atomic E-state index is -0.121. The molecule has 2 rings (SSSR count). The van der Waals surface area contributed by atoms with E-state index in [1.54, 1.807) is 12.1 Å². The first-order valence-electron chi connectivity index (χ1n) is 8.25. The topological polar surface area (TPSA) is 15.3 Å². The molecule has 0 spiro atoms. The van der Waals surface area contributed by atoms with Crippen molar-refractivity contribution >= 4 is 5.69 Å². The van der Waals surface area contributed by atoms with E-state index in [9.17, 15) is 4.39 Å². The molecule has 1 aliphatic rings. The fraction of sp³-hybridized carbons (Fsp3) is 0.667. The van der Waals surface area contributed by atoms with E-state index >= 15 is 0 Å². The summed E-state index contributed by atoms with van der Waals surface area (Å²) in [5.74, 6) is -0.121. The van der Waals surface area contributed by atoms with Gasteiger partial charge in [0.15, 0.2) is 0 Å². The predicted molar refractivity (Wildman–Crippen MR) is 88.2 cm³/mol. The van der Waals surface area contributed by atoms with Crippen molar-refractivity contribution in [1.29, 1.82) is 0 Å². The Bertz CT molecular complexity index is 457. The average Bonchev–Trinajstić information content (AvgIpc) is 2.59. The molecular weight excluding hydrogens is 263 g/mol. The van der Waals surface area contributed by atoms with Gasteiger partial charge in [0.2, 0.25) is 0 Å². The van der Waals surface area contributed by atoms with Gasteiger partial charge >= 0.3 is 0 Å². The molecule has 0 amide bonds. The Labute approximate surface area is 128 Å². The fourth-order valence-electron chi connectivity index (χ4n) is 3.01. The second-order valence-corrected chi connectivity index (χ2v) is 7.00. The molecule has 0 aromatic heterocycles. The van der Waals surface area contributed by atoms with E-state index in [0.717, 1.165) is 43.9 Å². The molecule has 3 heteroatoms. The van der Waals surface area contributed by atoms with Gasteiger partial charge in [0.25, 0.3) is 0 Å². The van der Waals surface area contributed by atoms with Crippen molar-refractivity contribution in [2.75, 3.05) is 24.5 Å². The van der Waals surface area contributed by atoms with Crippen LogP contribution in [-0.2, 0) is 6.54 Å². The lowest BCUT2D eigenvalue weighted by atomic mass is 9.85. The molecule has 1 aromatic carbocycles. The van der Waals surface area contributed by atoms with Gasteiger partial charge in [-0.3, -0.25) is 0 Å². The van der Waals surface area contributed by atoms with Gasteiger partial charge in [0, 0.05) is 25.3 Å². The zero-order valence-electron chi connectivity index (χ0n) is 13.7. The van der Waals surface area contributed by atoms with E-state index in [2.05, 4.69) is 37.1 Å². The third-order valence-electron chi connectivity index (χ3n) is 4.40. The highest BCUT2D eigenvalue weighted by molar-refractivity contribution is 5.49. The number of halogens is 1. The van der Waals surface area contributed by atoms with Crippen molar-refractivity contribution in [1.82, 2.24) is 5.32 Å². The van der Waals surface area contributed by atoms with Gasteiger partial charge in [0.1, 0.15) is 5.82 Å². The average molecular weight is 292 g/mol. The van der Waals surface area contributed by atoms with Crippen molar-refractivity contribution < 1.29 is 4.39 Å². The number of rotatable bonds is 5. The van der Waals surface area contributed by atoms with Crippen LogP contribution < -0.4 is 10.2 Å². The summed E-state index contributed by atoms with van der Waals surface area (Å²) < 4.78 is 13.9. The number of nitrogens with one attached hydrogen (secondary N) is 1. The maximum Gasteiger partial charge on any atom is 0.125 e. The first kappa shape index (κ1) is 16.3. The van der Waals surface area contributed by atoms with Crippen LogP contribution in [0.25, 0.3) is 0 Å². The molecule has 0 bridgehead atoms. The highest BCUT2D eigenvalue weighted by atomic mass is 19.1. The number of hydrogen-bond donors (Lipinski definition) is 1. The smallest absolute Gasteiger partial charge is 0.125 e. The molecule has 0 aliphatic carbocycles. The fourth-order valence-corrected chi connectivity index (χ4v) is 3.01. The number of nitrogens with zero attached hydrogens (tertiary/aromatic N) is 1. The Balaban J connectivity index is 2.08. The summed E-state index contributed by atoms with van der Waals surface area (Å²) in [6.07, 6.45) is 4.72. The summed E-state index contributed by atoms with van der Waals surface area (Å²) in [5.41, 5.74) is 2.50. The van der Waals surface area contributed by atoms with Gasteiger partial charge in [-0.25, -0.2) is 4.39 Å². The summed E-state index contributed by atoms with van der Waals surface area (Å²) in [5, 5.41) is 3.35. The molecule has 1 aromatic rings. The predicted octanol–water partition coefficient (Wildman–Crippen LogP) is 4.34. The van der Waals surface area contributed by atoms with Crippen LogP contribution in [0.3, 0.4) is 0 Å². The number of hydrogen-bond acceptors (Lipinski definition) is 2. The largest absolute Gasteiger partial charge is 0.371 e. The van der Waals surface area contributed by atoms with Gasteiger partial charge in [-0.1, -0.05) is 20.8 Å². The lowest BCUT2D eigenvalue weighted by molar-refractivity contribution is 0.325. The molecular formula is C18H29FN2. The van der Waals surface area contributed by atoms with Crippen LogP contribution in [0.5, 0.6) is 0 Å². The molecule has 1 fully saturated rings. The van der Waals surface area contributed by atoms with E-state index in [4.69, 9.17) is 0 Å². The number of anilines is 1. The summed E-state index contributed by atoms with van der Waals surface area (Å²) in [7, 11) is 0. The zero-order chi connectivity index (χ0) is 15.3. The SMILES string of the molecule is CCCNCc1cc(F)cc(N2CCCC(C)(C)CC2)c1. The van der Waals surface area contributed by atoms with Gasteiger partial charge in [-0.15, -0.1) is 0 Å². The molecule has 1 saturated heterocycles. The normalized spacial score (nSPS) is 18.6. The van der Waals surface area contributed by atoms with Crippen LogP contribution in [-0.4, -0.2) is 19.6 Å². The Morgan fingerprint density at radius 3 is 2.76 bits per heavy atom. The van der Waals surface area contributed by atoms with Crippen molar-refractivity contribution in [3.8, 4) is 0 Å². The van der Waals surface area contributed by atoms with Crippen LogP contribution in [0.4, 0.5) is 10.1 Å². The summed E-state index contributed by atoms with van der Waals surface area (Å²) in [6, 6.07) is 5.47. The van der Waals surface area contributed by atoms with E-state index < -0.39 is 0 Å². The van der Waals surface area contributed by atoms with E-state index in [0.29, 0.717) is 5.41 Å². The maximum atomic E-state index is 13.9. The van der Waals surface area contributed by atoms with Crippen LogP contribution in [0.2, 0.25) is 0 Å². The molecule has 0 saturated carbocycles. The van der Waals surface area contributed by atoms with Crippen molar-refractivity contribution in [2.45, 2.75) is 53.0 Å². The highest BCUT2D eigenvalue weighted by Gasteiger charge is 2.23. The summed E-state index contributed by atoms with van der Waals surface area (Å²) >= 11 is 0. The minimum Gasteiger partial charge on any atom is -0.371 e. The number of benzene rings is 1. The van der Waals surface area contributed by atoms with Gasteiger partial charge in [-0.2, -0.15) is 0 Å². The van der Waals surface area contributed by atoms with E-state index in [1.807, 2.05) is 0 Å². The Morgan fingerprint density at radius 1 is 1.19 bits per heavy atom. The summed E-state index contributed by atoms with van der Waals surface area (Å²) in [4.78, 5) is 2.35. The molecule has 1 aliphatic heterocycles. The first-order chi connectivity index (χ1) is 10.00. The van der Waals surface area contributed by atoms with Gasteiger partial charge in [-0.05, 0) is 61.4 Å². The molecule has 2 nitrogen and oxygen atoms in total. The van der Waals surface area contributed by atoms with Gasteiger partial charge in [0.05, 0.1) is 0 Å². The third-order valence-corrected chi connectivity index (χ3v) is 4.40. The molecule has 118 valence electrons. The van der Waals surface area contributed by atoms with Crippen LogP contribution in [0, 0.1) is 11.2 Å². The van der Waals surface area contributed by atoms with E-state index in [-0.39, 0.29) is 5.82 Å².